The number of carbonyl (C=O) groups is 1. The number of hydrogen-bond acceptors (Lipinski definition) is 4. The van der Waals surface area contributed by atoms with Crippen molar-refractivity contribution in [3.63, 3.8) is 0 Å². The Balaban J connectivity index is 1.87. The normalized spacial score (nSPS) is 11.6. The standard InChI is InChI=1S/C22H23NO4/c1-3-25-18-13-12-17(15-20(18)26-4-2)22(24)23-21(19-11-8-14-27-19)16-9-6-5-7-10-16/h5-15,21H,3-4H2,1-2H3,(H,23,24). The molecule has 2 aromatic carbocycles. The summed E-state index contributed by atoms with van der Waals surface area (Å²) in [6.07, 6.45) is 1.60. The van der Waals surface area contributed by atoms with Crippen LogP contribution >= 0.6 is 0 Å². The van der Waals surface area contributed by atoms with Crippen molar-refractivity contribution >= 4 is 5.91 Å². The van der Waals surface area contributed by atoms with E-state index in [9.17, 15) is 4.79 Å². The summed E-state index contributed by atoms with van der Waals surface area (Å²) in [4.78, 5) is 12.9. The number of rotatable bonds is 8. The molecule has 3 aromatic rings. The minimum atomic E-state index is -0.379. The number of amides is 1. The Labute approximate surface area is 158 Å². The smallest absolute Gasteiger partial charge is 0.252 e. The lowest BCUT2D eigenvalue weighted by atomic mass is 10.0. The van der Waals surface area contributed by atoms with E-state index in [-0.39, 0.29) is 11.9 Å². The maximum atomic E-state index is 12.9. The molecule has 1 amide bonds. The fourth-order valence-electron chi connectivity index (χ4n) is 2.83. The molecule has 0 fully saturated rings. The zero-order valence-electron chi connectivity index (χ0n) is 15.5. The van der Waals surface area contributed by atoms with E-state index in [1.165, 1.54) is 0 Å². The number of benzene rings is 2. The van der Waals surface area contributed by atoms with E-state index in [0.717, 1.165) is 5.56 Å². The van der Waals surface area contributed by atoms with Gasteiger partial charge in [0.15, 0.2) is 11.5 Å². The van der Waals surface area contributed by atoms with Crippen LogP contribution in [0.1, 0.15) is 41.6 Å². The number of carbonyl (C=O) groups excluding carboxylic acids is 1. The summed E-state index contributed by atoms with van der Waals surface area (Å²) in [5, 5.41) is 3.04. The quantitative estimate of drug-likeness (QED) is 0.634. The molecule has 0 saturated carbocycles. The van der Waals surface area contributed by atoms with Crippen LogP contribution in [0.25, 0.3) is 0 Å². The third kappa shape index (κ3) is 4.50. The SMILES string of the molecule is CCOc1ccc(C(=O)NC(c2ccccc2)c2ccco2)cc1OCC. The molecule has 0 saturated heterocycles. The van der Waals surface area contributed by atoms with Gasteiger partial charge in [0.1, 0.15) is 11.8 Å². The van der Waals surface area contributed by atoms with Crippen LogP contribution in [0.4, 0.5) is 0 Å². The van der Waals surface area contributed by atoms with E-state index in [1.54, 1.807) is 24.5 Å². The number of nitrogens with one attached hydrogen (secondary N) is 1. The molecular formula is C22H23NO4. The third-order valence-corrected chi connectivity index (χ3v) is 4.04. The Morgan fingerprint density at radius 1 is 0.963 bits per heavy atom. The lowest BCUT2D eigenvalue weighted by Crippen LogP contribution is -2.29. The van der Waals surface area contributed by atoms with Crippen LogP contribution in [0.3, 0.4) is 0 Å². The highest BCUT2D eigenvalue weighted by molar-refractivity contribution is 5.95. The molecule has 5 nitrogen and oxygen atoms in total. The van der Waals surface area contributed by atoms with Crippen LogP contribution in [0.15, 0.2) is 71.3 Å². The second-order valence-corrected chi connectivity index (χ2v) is 5.86. The molecular weight excluding hydrogens is 342 g/mol. The zero-order valence-corrected chi connectivity index (χ0v) is 15.5. The van der Waals surface area contributed by atoms with Gasteiger partial charge < -0.3 is 19.2 Å². The fourth-order valence-corrected chi connectivity index (χ4v) is 2.83. The lowest BCUT2D eigenvalue weighted by molar-refractivity contribution is 0.0938. The Morgan fingerprint density at radius 3 is 2.37 bits per heavy atom. The highest BCUT2D eigenvalue weighted by Crippen LogP contribution is 2.29. The molecule has 1 aromatic heterocycles. The topological polar surface area (TPSA) is 60.7 Å². The van der Waals surface area contributed by atoms with Crippen molar-refractivity contribution in [1.82, 2.24) is 5.32 Å². The number of hydrogen-bond donors (Lipinski definition) is 1. The first kappa shape index (κ1) is 18.6. The molecule has 0 aliphatic rings. The van der Waals surface area contributed by atoms with Gasteiger partial charge in [0.25, 0.3) is 5.91 Å². The van der Waals surface area contributed by atoms with E-state index in [2.05, 4.69) is 5.32 Å². The molecule has 1 unspecified atom stereocenters. The summed E-state index contributed by atoms with van der Waals surface area (Å²) in [7, 11) is 0. The van der Waals surface area contributed by atoms with Gasteiger partial charge in [0.05, 0.1) is 19.5 Å². The lowest BCUT2D eigenvalue weighted by Gasteiger charge is -2.18. The van der Waals surface area contributed by atoms with Gasteiger partial charge in [-0.1, -0.05) is 30.3 Å². The molecule has 140 valence electrons. The fraction of sp³-hybridized carbons (Fsp3) is 0.227. The number of ether oxygens (including phenoxy) is 2. The van der Waals surface area contributed by atoms with Crippen LogP contribution < -0.4 is 14.8 Å². The van der Waals surface area contributed by atoms with Gasteiger partial charge in [-0.3, -0.25) is 4.79 Å². The summed E-state index contributed by atoms with van der Waals surface area (Å²) in [5.74, 6) is 1.64. The van der Waals surface area contributed by atoms with Crippen molar-refractivity contribution in [1.29, 1.82) is 0 Å². The van der Waals surface area contributed by atoms with Gasteiger partial charge in [-0.15, -0.1) is 0 Å². The summed E-state index contributed by atoms with van der Waals surface area (Å²) in [5.41, 5.74) is 1.44. The predicted molar refractivity (Wildman–Crippen MR) is 103 cm³/mol. The van der Waals surface area contributed by atoms with Gasteiger partial charge in [-0.2, -0.15) is 0 Å². The van der Waals surface area contributed by atoms with E-state index >= 15 is 0 Å². The van der Waals surface area contributed by atoms with Gasteiger partial charge in [-0.05, 0) is 49.7 Å². The second kappa shape index (κ2) is 8.94. The second-order valence-electron chi connectivity index (χ2n) is 5.86. The molecule has 0 aliphatic carbocycles. The molecule has 1 atom stereocenters. The Kier molecular flexibility index (Phi) is 6.15. The largest absolute Gasteiger partial charge is 0.490 e. The third-order valence-electron chi connectivity index (χ3n) is 4.04. The van der Waals surface area contributed by atoms with Crippen molar-refractivity contribution < 1.29 is 18.7 Å². The Hall–Kier alpha value is -3.21. The van der Waals surface area contributed by atoms with Crippen molar-refractivity contribution in [2.45, 2.75) is 19.9 Å². The van der Waals surface area contributed by atoms with Gasteiger partial charge >= 0.3 is 0 Å². The van der Waals surface area contributed by atoms with Crippen molar-refractivity contribution in [3.05, 3.63) is 83.8 Å². The predicted octanol–water partition coefficient (Wildman–Crippen LogP) is 4.60. The van der Waals surface area contributed by atoms with E-state index in [0.29, 0.717) is 36.0 Å². The average Bonchev–Trinajstić information content (AvgIpc) is 3.23. The first-order valence-corrected chi connectivity index (χ1v) is 9.01. The van der Waals surface area contributed by atoms with Crippen LogP contribution in [0.5, 0.6) is 11.5 Å². The molecule has 1 heterocycles. The van der Waals surface area contributed by atoms with Crippen LogP contribution in [0, 0.1) is 0 Å². The summed E-state index contributed by atoms with van der Waals surface area (Å²) < 4.78 is 16.7. The summed E-state index contributed by atoms with van der Waals surface area (Å²) in [6, 6.07) is 18.2. The van der Waals surface area contributed by atoms with Gasteiger partial charge in [0, 0.05) is 5.56 Å². The number of furan rings is 1. The minimum Gasteiger partial charge on any atom is -0.490 e. The molecule has 0 bridgehead atoms. The molecule has 0 spiro atoms. The molecule has 27 heavy (non-hydrogen) atoms. The highest BCUT2D eigenvalue weighted by atomic mass is 16.5. The maximum absolute atomic E-state index is 12.9. The molecule has 0 aliphatic heterocycles. The van der Waals surface area contributed by atoms with Crippen molar-refractivity contribution in [3.8, 4) is 11.5 Å². The average molecular weight is 365 g/mol. The summed E-state index contributed by atoms with van der Waals surface area (Å²) >= 11 is 0. The molecule has 0 radical (unpaired) electrons. The van der Waals surface area contributed by atoms with Crippen molar-refractivity contribution in [2.24, 2.45) is 0 Å². The van der Waals surface area contributed by atoms with E-state index in [4.69, 9.17) is 13.9 Å². The van der Waals surface area contributed by atoms with Gasteiger partial charge in [-0.25, -0.2) is 0 Å². The maximum Gasteiger partial charge on any atom is 0.252 e. The molecule has 3 rings (SSSR count). The molecule has 1 N–H and O–H groups in total. The van der Waals surface area contributed by atoms with Crippen LogP contribution in [0.2, 0.25) is 0 Å². The van der Waals surface area contributed by atoms with Crippen LogP contribution in [-0.2, 0) is 0 Å². The van der Waals surface area contributed by atoms with E-state index < -0.39 is 0 Å². The Bertz CT molecular complexity index is 859. The molecule has 5 heteroatoms. The highest BCUT2D eigenvalue weighted by Gasteiger charge is 2.21. The first-order valence-electron chi connectivity index (χ1n) is 9.01. The van der Waals surface area contributed by atoms with Gasteiger partial charge in [0.2, 0.25) is 0 Å². The monoisotopic (exact) mass is 365 g/mol. The summed E-state index contributed by atoms with van der Waals surface area (Å²) in [6.45, 7) is 4.82. The Morgan fingerprint density at radius 2 is 1.70 bits per heavy atom. The first-order chi connectivity index (χ1) is 13.2. The van der Waals surface area contributed by atoms with E-state index in [1.807, 2.05) is 56.3 Å². The van der Waals surface area contributed by atoms with Crippen molar-refractivity contribution in [2.75, 3.05) is 13.2 Å². The zero-order chi connectivity index (χ0) is 19.1. The minimum absolute atomic E-state index is 0.218. The van der Waals surface area contributed by atoms with Crippen LogP contribution in [-0.4, -0.2) is 19.1 Å².